The summed E-state index contributed by atoms with van der Waals surface area (Å²) in [6.45, 7) is 3.51. The Balaban J connectivity index is 3.08. The number of carbonyl (C=O) groups is 1. The van der Waals surface area contributed by atoms with Gasteiger partial charge in [0.15, 0.2) is 5.78 Å². The fourth-order valence-electron chi connectivity index (χ4n) is 1.21. The molecule has 2 N–H and O–H groups in total. The Kier molecular flexibility index (Phi) is 3.29. The lowest BCUT2D eigenvalue weighted by molar-refractivity contribution is 0.0996. The molecule has 1 aromatic carbocycles. The summed E-state index contributed by atoms with van der Waals surface area (Å²) in [6.07, 6.45) is 1.85. The summed E-state index contributed by atoms with van der Waals surface area (Å²) in [4.78, 5) is 11.5. The lowest BCUT2D eigenvalue weighted by Crippen LogP contribution is -2.04. The fraction of sp³-hybridized carbons (Fsp3) is 0.182. The van der Waals surface area contributed by atoms with E-state index < -0.39 is 0 Å². The van der Waals surface area contributed by atoms with E-state index in [4.69, 9.17) is 10.5 Å². The summed E-state index contributed by atoms with van der Waals surface area (Å²) >= 11 is 0. The molecule has 1 rings (SSSR count). The number of nitrogen functional groups attached to an aromatic ring is 1. The van der Waals surface area contributed by atoms with Crippen molar-refractivity contribution in [1.82, 2.24) is 0 Å². The SMILES string of the molecule is C=CCC(=O)c1cccc(OC)c1N. The van der Waals surface area contributed by atoms with Crippen molar-refractivity contribution in [2.45, 2.75) is 6.42 Å². The third-order valence-electron chi connectivity index (χ3n) is 1.92. The van der Waals surface area contributed by atoms with Gasteiger partial charge in [-0.3, -0.25) is 4.79 Å². The van der Waals surface area contributed by atoms with E-state index in [0.717, 1.165) is 0 Å². The lowest BCUT2D eigenvalue weighted by Gasteiger charge is -2.07. The molecule has 0 atom stereocenters. The highest BCUT2D eigenvalue weighted by atomic mass is 16.5. The van der Waals surface area contributed by atoms with Gasteiger partial charge in [0.05, 0.1) is 12.8 Å². The van der Waals surface area contributed by atoms with Crippen LogP contribution in [0.1, 0.15) is 16.8 Å². The number of carbonyl (C=O) groups excluding carboxylic acids is 1. The zero-order valence-corrected chi connectivity index (χ0v) is 8.12. The molecule has 14 heavy (non-hydrogen) atoms. The van der Waals surface area contributed by atoms with Crippen molar-refractivity contribution < 1.29 is 9.53 Å². The Morgan fingerprint density at radius 2 is 2.36 bits per heavy atom. The summed E-state index contributed by atoms with van der Waals surface area (Å²) in [5.41, 5.74) is 6.63. The van der Waals surface area contributed by atoms with Gasteiger partial charge in [-0.2, -0.15) is 0 Å². The molecule has 0 aliphatic rings. The highest BCUT2D eigenvalue weighted by molar-refractivity contribution is 6.02. The first-order chi connectivity index (χ1) is 6.70. The molecule has 3 nitrogen and oxygen atoms in total. The smallest absolute Gasteiger partial charge is 0.168 e. The van der Waals surface area contributed by atoms with E-state index in [1.54, 1.807) is 24.3 Å². The van der Waals surface area contributed by atoms with Gasteiger partial charge >= 0.3 is 0 Å². The second kappa shape index (κ2) is 4.46. The largest absolute Gasteiger partial charge is 0.495 e. The van der Waals surface area contributed by atoms with Crippen LogP contribution >= 0.6 is 0 Å². The Morgan fingerprint density at radius 3 is 2.93 bits per heavy atom. The number of hydrogen-bond acceptors (Lipinski definition) is 3. The third-order valence-corrected chi connectivity index (χ3v) is 1.92. The Morgan fingerprint density at radius 1 is 1.64 bits per heavy atom. The third kappa shape index (κ3) is 1.93. The van der Waals surface area contributed by atoms with Gasteiger partial charge in [0.25, 0.3) is 0 Å². The first-order valence-corrected chi connectivity index (χ1v) is 4.27. The number of para-hydroxylation sites is 1. The van der Waals surface area contributed by atoms with Crippen LogP contribution in [0, 0.1) is 0 Å². The second-order valence-electron chi connectivity index (χ2n) is 2.84. The van der Waals surface area contributed by atoms with Gasteiger partial charge in [-0.25, -0.2) is 0 Å². The van der Waals surface area contributed by atoms with Crippen LogP contribution in [0.4, 0.5) is 5.69 Å². The molecule has 0 radical (unpaired) electrons. The van der Waals surface area contributed by atoms with Crippen molar-refractivity contribution in [2.24, 2.45) is 0 Å². The van der Waals surface area contributed by atoms with Crippen LogP contribution in [-0.2, 0) is 0 Å². The molecule has 0 bridgehead atoms. The molecule has 0 saturated heterocycles. The standard InChI is InChI=1S/C11H13NO2/c1-3-5-9(13)8-6-4-7-10(14-2)11(8)12/h3-4,6-7H,1,5,12H2,2H3. The van der Waals surface area contributed by atoms with E-state index in [-0.39, 0.29) is 12.2 Å². The number of hydrogen-bond donors (Lipinski definition) is 1. The lowest BCUT2D eigenvalue weighted by atomic mass is 10.1. The molecule has 3 heteroatoms. The minimum absolute atomic E-state index is 0.0450. The topological polar surface area (TPSA) is 52.3 Å². The van der Waals surface area contributed by atoms with Gasteiger partial charge in [0.2, 0.25) is 0 Å². The van der Waals surface area contributed by atoms with Crippen molar-refractivity contribution in [3.05, 3.63) is 36.4 Å². The summed E-state index contributed by atoms with van der Waals surface area (Å²) in [7, 11) is 1.52. The van der Waals surface area contributed by atoms with Crippen LogP contribution in [0.25, 0.3) is 0 Å². The number of nitrogens with two attached hydrogens (primary N) is 1. The molecule has 0 aliphatic carbocycles. The second-order valence-corrected chi connectivity index (χ2v) is 2.84. The molecule has 0 spiro atoms. The number of methoxy groups -OCH3 is 1. The van der Waals surface area contributed by atoms with Gasteiger partial charge in [-0.15, -0.1) is 6.58 Å². The van der Waals surface area contributed by atoms with Crippen LogP contribution < -0.4 is 10.5 Å². The van der Waals surface area contributed by atoms with Crippen LogP contribution in [0.3, 0.4) is 0 Å². The summed E-state index contributed by atoms with van der Waals surface area (Å²) in [6, 6.07) is 5.15. The van der Waals surface area contributed by atoms with Crippen molar-refractivity contribution in [3.8, 4) is 5.75 Å². The number of anilines is 1. The Bertz CT molecular complexity index is 358. The highest BCUT2D eigenvalue weighted by Crippen LogP contribution is 2.25. The molecule has 0 amide bonds. The van der Waals surface area contributed by atoms with E-state index >= 15 is 0 Å². The maximum atomic E-state index is 11.5. The number of rotatable bonds is 4. The molecule has 0 fully saturated rings. The van der Waals surface area contributed by atoms with Crippen LogP contribution in [-0.4, -0.2) is 12.9 Å². The Labute approximate surface area is 83.2 Å². The maximum Gasteiger partial charge on any atom is 0.168 e. The van der Waals surface area contributed by atoms with Crippen LogP contribution in [0.15, 0.2) is 30.9 Å². The molecular formula is C11H13NO2. The number of ketones is 1. The normalized spacial score (nSPS) is 9.50. The number of allylic oxidation sites excluding steroid dienone is 1. The van der Waals surface area contributed by atoms with E-state index in [9.17, 15) is 4.79 Å². The number of benzene rings is 1. The van der Waals surface area contributed by atoms with Crippen molar-refractivity contribution in [3.63, 3.8) is 0 Å². The first-order valence-electron chi connectivity index (χ1n) is 4.27. The van der Waals surface area contributed by atoms with Gasteiger partial charge < -0.3 is 10.5 Å². The van der Waals surface area contributed by atoms with Gasteiger partial charge in [-0.1, -0.05) is 12.1 Å². The minimum Gasteiger partial charge on any atom is -0.495 e. The zero-order chi connectivity index (χ0) is 10.6. The summed E-state index contributed by atoms with van der Waals surface area (Å²) in [5.74, 6) is 0.483. The van der Waals surface area contributed by atoms with E-state index in [1.165, 1.54) is 7.11 Å². The molecule has 0 unspecified atom stereocenters. The van der Waals surface area contributed by atoms with E-state index in [0.29, 0.717) is 17.0 Å². The van der Waals surface area contributed by atoms with Crippen LogP contribution in [0.2, 0.25) is 0 Å². The monoisotopic (exact) mass is 191 g/mol. The molecule has 1 aromatic rings. The number of Topliss-reactive ketones (excluding diaryl/α,β-unsaturated/α-hetero) is 1. The van der Waals surface area contributed by atoms with Gasteiger partial charge in [0.1, 0.15) is 5.75 Å². The fourth-order valence-corrected chi connectivity index (χ4v) is 1.21. The Hall–Kier alpha value is -1.77. The predicted molar refractivity (Wildman–Crippen MR) is 56.6 cm³/mol. The van der Waals surface area contributed by atoms with Crippen LogP contribution in [0.5, 0.6) is 5.75 Å². The van der Waals surface area contributed by atoms with Crippen molar-refractivity contribution >= 4 is 11.5 Å². The summed E-state index contributed by atoms with van der Waals surface area (Å²) < 4.78 is 5.01. The van der Waals surface area contributed by atoms with Crippen molar-refractivity contribution in [1.29, 1.82) is 0 Å². The van der Waals surface area contributed by atoms with E-state index in [1.807, 2.05) is 0 Å². The molecule has 0 aliphatic heterocycles. The number of ether oxygens (including phenoxy) is 1. The quantitative estimate of drug-likeness (QED) is 0.450. The molecule has 0 aromatic heterocycles. The summed E-state index contributed by atoms with van der Waals surface area (Å²) in [5, 5.41) is 0. The molecule has 74 valence electrons. The van der Waals surface area contributed by atoms with Crippen molar-refractivity contribution in [2.75, 3.05) is 12.8 Å². The predicted octanol–water partition coefficient (Wildman–Crippen LogP) is 2.04. The minimum atomic E-state index is -0.0450. The zero-order valence-electron chi connectivity index (χ0n) is 8.12. The maximum absolute atomic E-state index is 11.5. The highest BCUT2D eigenvalue weighted by Gasteiger charge is 2.10. The van der Waals surface area contributed by atoms with E-state index in [2.05, 4.69) is 6.58 Å². The van der Waals surface area contributed by atoms with Gasteiger partial charge in [0, 0.05) is 12.0 Å². The molecule has 0 heterocycles. The molecular weight excluding hydrogens is 178 g/mol. The average Bonchev–Trinajstić information content (AvgIpc) is 2.18. The first kappa shape index (κ1) is 10.3. The average molecular weight is 191 g/mol. The molecule has 0 saturated carbocycles. The van der Waals surface area contributed by atoms with Gasteiger partial charge in [-0.05, 0) is 12.1 Å².